The average Bonchev–Trinajstić information content (AvgIpc) is 4.03. The summed E-state index contributed by atoms with van der Waals surface area (Å²) in [5, 5.41) is 7.32. The molecule has 3 heterocycles. The number of nitrogens with zero attached hydrogens (tertiary/aromatic N) is 2. The summed E-state index contributed by atoms with van der Waals surface area (Å²) >= 11 is 1.86. The SMILES string of the molecule is CC1(C)c2ccccc2-c2ccc(-c3c4c(cc5c3c3ccccc3n5-c3ccc(N(c5ccccc5)c5cccc6c5sc5ccccc56)cc3)oc3ccccc34)cc21. The Kier molecular flexibility index (Phi) is 7.23. The summed E-state index contributed by atoms with van der Waals surface area (Å²) in [6, 6.07) is 70.9. The van der Waals surface area contributed by atoms with Crippen LogP contribution in [-0.2, 0) is 5.41 Å². The molecule has 0 bridgehead atoms. The lowest BCUT2D eigenvalue weighted by molar-refractivity contribution is 0.660. The molecule has 0 N–H and O–H groups in total. The third-order valence-electron chi connectivity index (χ3n) is 13.2. The maximum absolute atomic E-state index is 6.78. The highest BCUT2D eigenvalue weighted by molar-refractivity contribution is 7.26. The molecule has 3 nitrogen and oxygen atoms in total. The van der Waals surface area contributed by atoms with Gasteiger partial charge >= 0.3 is 0 Å². The molecule has 0 aliphatic heterocycles. The molecule has 0 atom stereocenters. The van der Waals surface area contributed by atoms with Crippen LogP contribution in [-0.4, -0.2) is 4.57 Å². The van der Waals surface area contributed by atoms with Crippen molar-refractivity contribution in [2.45, 2.75) is 19.3 Å². The predicted octanol–water partition coefficient (Wildman–Crippen LogP) is 16.5. The number of hydrogen-bond acceptors (Lipinski definition) is 3. The monoisotopic (exact) mass is 798 g/mol. The molecule has 0 spiro atoms. The number of benzene rings is 9. The van der Waals surface area contributed by atoms with Gasteiger partial charge in [-0.15, -0.1) is 11.3 Å². The second-order valence-electron chi connectivity index (χ2n) is 16.8. The largest absolute Gasteiger partial charge is 0.456 e. The standard InChI is InChI=1S/C57H38N2OS/c1-57(2)45-22-10-6-17-39(45)40-32-27-35(33-46(40)57)53-54-43-19-7-11-23-47(43)59(49(54)34-51-55(53)44-20-8-12-25-50(44)60-51)38-30-28-37(29-31-38)58(36-15-4-3-5-16-36)48-24-14-21-42-41-18-9-13-26-52(41)61-56(42)48/h3-34H,1-2H3. The Morgan fingerprint density at radius 1 is 0.492 bits per heavy atom. The molecule has 0 radical (unpaired) electrons. The molecule has 0 saturated carbocycles. The minimum atomic E-state index is -0.126. The topological polar surface area (TPSA) is 21.3 Å². The Morgan fingerprint density at radius 3 is 2.05 bits per heavy atom. The number of fused-ring (bicyclic) bond motifs is 12. The highest BCUT2D eigenvalue weighted by Gasteiger charge is 2.36. The molecule has 1 aliphatic carbocycles. The molecular formula is C57H38N2OS. The minimum Gasteiger partial charge on any atom is -0.456 e. The summed E-state index contributed by atoms with van der Waals surface area (Å²) in [6.45, 7) is 4.73. The number of anilines is 3. The molecular weight excluding hydrogens is 761 g/mol. The molecule has 0 amide bonds. The first kappa shape index (κ1) is 34.5. The molecule has 0 unspecified atom stereocenters. The van der Waals surface area contributed by atoms with Crippen LogP contribution in [0.25, 0.3) is 91.9 Å². The summed E-state index contributed by atoms with van der Waals surface area (Å²) in [7, 11) is 0. The van der Waals surface area contributed by atoms with Crippen molar-refractivity contribution in [3.8, 4) is 27.9 Å². The van der Waals surface area contributed by atoms with Crippen molar-refractivity contribution in [3.63, 3.8) is 0 Å². The Hall–Kier alpha value is -7.40. The van der Waals surface area contributed by atoms with Crippen molar-refractivity contribution in [1.29, 1.82) is 0 Å². The van der Waals surface area contributed by atoms with Crippen LogP contribution >= 0.6 is 11.3 Å². The quantitative estimate of drug-likeness (QED) is 0.173. The highest BCUT2D eigenvalue weighted by Crippen LogP contribution is 2.52. The molecule has 1 aliphatic rings. The van der Waals surface area contributed by atoms with Gasteiger partial charge in [0.05, 0.1) is 21.4 Å². The van der Waals surface area contributed by atoms with E-state index in [1.165, 1.54) is 70.0 Å². The molecule has 3 aromatic heterocycles. The third kappa shape index (κ3) is 4.91. The second kappa shape index (κ2) is 12.8. The van der Waals surface area contributed by atoms with Crippen molar-refractivity contribution < 1.29 is 4.42 Å². The van der Waals surface area contributed by atoms with Gasteiger partial charge in [0.15, 0.2) is 0 Å². The normalized spacial score (nSPS) is 13.2. The summed E-state index contributed by atoms with van der Waals surface area (Å²) in [5.41, 5.74) is 16.2. The number of para-hydroxylation sites is 3. The fourth-order valence-electron chi connectivity index (χ4n) is 10.4. The van der Waals surface area contributed by atoms with E-state index in [1.807, 2.05) is 11.3 Å². The Morgan fingerprint density at radius 2 is 1.18 bits per heavy atom. The fraction of sp³-hybridized carbons (Fsp3) is 0.0526. The van der Waals surface area contributed by atoms with E-state index in [0.717, 1.165) is 50.0 Å². The molecule has 0 fully saturated rings. The van der Waals surface area contributed by atoms with E-state index in [2.05, 4.69) is 217 Å². The van der Waals surface area contributed by atoms with Crippen molar-refractivity contribution in [1.82, 2.24) is 4.57 Å². The van der Waals surface area contributed by atoms with E-state index in [1.54, 1.807) is 0 Å². The summed E-state index contributed by atoms with van der Waals surface area (Å²) < 4.78 is 11.8. The van der Waals surface area contributed by atoms with Gasteiger partial charge in [0, 0.05) is 71.1 Å². The van der Waals surface area contributed by atoms with E-state index in [4.69, 9.17) is 4.42 Å². The number of thiophene rings is 1. The van der Waals surface area contributed by atoms with Crippen LogP contribution in [0, 0.1) is 0 Å². The molecule has 4 heteroatoms. The van der Waals surface area contributed by atoms with Crippen molar-refractivity contribution >= 4 is 92.3 Å². The zero-order valence-corrected chi connectivity index (χ0v) is 34.5. The van der Waals surface area contributed by atoms with Crippen molar-refractivity contribution in [2.75, 3.05) is 4.90 Å². The van der Waals surface area contributed by atoms with Gasteiger partial charge in [-0.25, -0.2) is 0 Å². The highest BCUT2D eigenvalue weighted by atomic mass is 32.1. The Balaban J connectivity index is 1.04. The Labute approximate surface area is 357 Å². The number of hydrogen-bond donors (Lipinski definition) is 0. The van der Waals surface area contributed by atoms with Crippen LogP contribution in [0.1, 0.15) is 25.0 Å². The van der Waals surface area contributed by atoms with E-state index < -0.39 is 0 Å². The van der Waals surface area contributed by atoms with E-state index in [-0.39, 0.29) is 5.41 Å². The van der Waals surface area contributed by atoms with E-state index >= 15 is 0 Å². The fourth-order valence-corrected chi connectivity index (χ4v) is 11.6. The third-order valence-corrected chi connectivity index (χ3v) is 14.4. The van der Waals surface area contributed by atoms with Gasteiger partial charge in [-0.05, 0) is 94.5 Å². The molecule has 13 rings (SSSR count). The van der Waals surface area contributed by atoms with Gasteiger partial charge in [0.2, 0.25) is 0 Å². The molecule has 12 aromatic rings. The Bertz CT molecular complexity index is 3740. The number of rotatable bonds is 5. The predicted molar refractivity (Wildman–Crippen MR) is 259 cm³/mol. The maximum Gasteiger partial charge on any atom is 0.138 e. The van der Waals surface area contributed by atoms with Gasteiger partial charge in [-0.2, -0.15) is 0 Å². The van der Waals surface area contributed by atoms with Crippen LogP contribution in [0.3, 0.4) is 0 Å². The van der Waals surface area contributed by atoms with E-state index in [9.17, 15) is 0 Å². The van der Waals surface area contributed by atoms with Gasteiger partial charge in [0.1, 0.15) is 11.2 Å². The van der Waals surface area contributed by atoms with Crippen LogP contribution in [0.4, 0.5) is 17.1 Å². The van der Waals surface area contributed by atoms with Crippen LogP contribution in [0.5, 0.6) is 0 Å². The molecule has 61 heavy (non-hydrogen) atoms. The molecule has 0 saturated heterocycles. The first-order chi connectivity index (χ1) is 30.0. The summed E-state index contributed by atoms with van der Waals surface area (Å²) in [5.74, 6) is 0. The van der Waals surface area contributed by atoms with Gasteiger partial charge in [-0.3, -0.25) is 0 Å². The zero-order chi connectivity index (χ0) is 40.4. The smallest absolute Gasteiger partial charge is 0.138 e. The van der Waals surface area contributed by atoms with E-state index in [0.29, 0.717) is 0 Å². The van der Waals surface area contributed by atoms with Gasteiger partial charge < -0.3 is 13.9 Å². The number of furan rings is 1. The van der Waals surface area contributed by atoms with Crippen molar-refractivity contribution in [2.24, 2.45) is 0 Å². The average molecular weight is 799 g/mol. The first-order valence-corrected chi connectivity index (χ1v) is 21.8. The number of aromatic nitrogens is 1. The second-order valence-corrected chi connectivity index (χ2v) is 17.9. The summed E-state index contributed by atoms with van der Waals surface area (Å²) in [4.78, 5) is 2.40. The van der Waals surface area contributed by atoms with Crippen LogP contribution in [0.15, 0.2) is 199 Å². The van der Waals surface area contributed by atoms with Crippen LogP contribution in [0.2, 0.25) is 0 Å². The first-order valence-electron chi connectivity index (χ1n) is 21.0. The summed E-state index contributed by atoms with van der Waals surface area (Å²) in [6.07, 6.45) is 0. The minimum absolute atomic E-state index is 0.126. The molecule has 288 valence electrons. The van der Waals surface area contributed by atoms with Gasteiger partial charge in [0.25, 0.3) is 0 Å². The van der Waals surface area contributed by atoms with Crippen LogP contribution < -0.4 is 4.90 Å². The maximum atomic E-state index is 6.78. The lowest BCUT2D eigenvalue weighted by Gasteiger charge is -2.26. The zero-order valence-electron chi connectivity index (χ0n) is 33.7. The van der Waals surface area contributed by atoms with Gasteiger partial charge in [-0.1, -0.05) is 135 Å². The molecule has 9 aromatic carbocycles. The lowest BCUT2D eigenvalue weighted by atomic mass is 9.81. The lowest BCUT2D eigenvalue weighted by Crippen LogP contribution is -2.14. The van der Waals surface area contributed by atoms with Crippen molar-refractivity contribution in [3.05, 3.63) is 205 Å².